The van der Waals surface area contributed by atoms with Crippen LogP contribution in [-0.4, -0.2) is 36.5 Å². The number of aliphatic hydroxyl groups is 1. The normalized spacial score (nSPS) is 23.6. The Balaban J connectivity index is 2.14. The van der Waals surface area contributed by atoms with E-state index in [-0.39, 0.29) is 24.4 Å². The maximum atomic E-state index is 9.37. The average Bonchev–Trinajstić information content (AvgIpc) is 2.44. The summed E-state index contributed by atoms with van der Waals surface area (Å²) < 4.78 is 5.84. The number of rotatable bonds is 4. The molecule has 1 saturated heterocycles. The van der Waals surface area contributed by atoms with Crippen LogP contribution in [0.15, 0.2) is 24.3 Å². The van der Waals surface area contributed by atoms with Crippen molar-refractivity contribution in [2.24, 2.45) is 5.73 Å². The molecule has 1 aliphatic heterocycles. The lowest BCUT2D eigenvalue weighted by molar-refractivity contribution is -0.101. The molecule has 0 aliphatic carbocycles. The van der Waals surface area contributed by atoms with Gasteiger partial charge in [0.25, 0.3) is 0 Å². The molecule has 4 heteroatoms. The first kappa shape index (κ1) is 15.3. The van der Waals surface area contributed by atoms with Gasteiger partial charge in [-0.1, -0.05) is 19.1 Å². The molecular weight excluding hydrogens is 252 g/mol. The van der Waals surface area contributed by atoms with Gasteiger partial charge in [0.1, 0.15) is 0 Å². The molecule has 1 fully saturated rings. The maximum Gasteiger partial charge on any atom is 0.0988 e. The van der Waals surface area contributed by atoms with E-state index >= 15 is 0 Å². The molecule has 1 aromatic rings. The molecule has 1 aliphatic rings. The van der Waals surface area contributed by atoms with Crippen molar-refractivity contribution in [1.29, 1.82) is 0 Å². The number of aliphatic hydroxyl groups excluding tert-OH is 1. The summed E-state index contributed by atoms with van der Waals surface area (Å²) in [6.07, 6.45) is 0.813. The zero-order valence-electron chi connectivity index (χ0n) is 12.7. The van der Waals surface area contributed by atoms with Crippen molar-refractivity contribution in [2.45, 2.75) is 44.9 Å². The second-order valence-corrected chi connectivity index (χ2v) is 6.17. The van der Waals surface area contributed by atoms with Crippen LogP contribution in [0.2, 0.25) is 0 Å². The lowest BCUT2D eigenvalue weighted by Crippen LogP contribution is -2.54. The fourth-order valence-corrected chi connectivity index (χ4v) is 2.76. The Labute approximate surface area is 121 Å². The summed E-state index contributed by atoms with van der Waals surface area (Å²) in [7, 11) is 0. The molecule has 0 amide bonds. The molecule has 3 N–H and O–H groups in total. The van der Waals surface area contributed by atoms with E-state index in [4.69, 9.17) is 10.5 Å². The van der Waals surface area contributed by atoms with Crippen LogP contribution in [0, 0.1) is 0 Å². The van der Waals surface area contributed by atoms with Gasteiger partial charge in [-0.15, -0.1) is 0 Å². The third-order valence-electron chi connectivity index (χ3n) is 3.81. The number of anilines is 1. The highest BCUT2D eigenvalue weighted by atomic mass is 16.5. The smallest absolute Gasteiger partial charge is 0.0988 e. The first-order valence-corrected chi connectivity index (χ1v) is 7.34. The molecule has 0 saturated carbocycles. The highest BCUT2D eigenvalue weighted by Crippen LogP contribution is 2.27. The summed E-state index contributed by atoms with van der Waals surface area (Å²) in [6.45, 7) is 7.81. The Bertz CT molecular complexity index is 431. The summed E-state index contributed by atoms with van der Waals surface area (Å²) in [5, 5.41) is 9.37. The van der Waals surface area contributed by atoms with E-state index in [1.165, 1.54) is 5.56 Å². The van der Waals surface area contributed by atoms with E-state index in [9.17, 15) is 5.11 Å². The molecule has 112 valence electrons. The Morgan fingerprint density at radius 3 is 2.60 bits per heavy atom. The van der Waals surface area contributed by atoms with Gasteiger partial charge >= 0.3 is 0 Å². The summed E-state index contributed by atoms with van der Waals surface area (Å²) >= 11 is 0. The minimum absolute atomic E-state index is 0.0543. The molecule has 20 heavy (non-hydrogen) atoms. The van der Waals surface area contributed by atoms with E-state index in [0.717, 1.165) is 25.2 Å². The van der Waals surface area contributed by atoms with Gasteiger partial charge in [-0.05, 0) is 38.0 Å². The van der Waals surface area contributed by atoms with E-state index in [1.807, 2.05) is 0 Å². The van der Waals surface area contributed by atoms with Gasteiger partial charge < -0.3 is 20.5 Å². The standard InChI is InChI=1S/C16H26N2O2/c1-4-15(17)12-5-7-13(8-6-12)18-9-14(10-19)20-16(2,3)11-18/h5-8,14-15,19H,4,9-11,17H2,1-3H3. The second-order valence-electron chi connectivity index (χ2n) is 6.17. The molecule has 0 aromatic heterocycles. The Morgan fingerprint density at radius 2 is 2.05 bits per heavy atom. The van der Waals surface area contributed by atoms with Crippen LogP contribution in [0.1, 0.15) is 38.8 Å². The van der Waals surface area contributed by atoms with E-state index in [0.29, 0.717) is 0 Å². The quantitative estimate of drug-likeness (QED) is 0.885. The van der Waals surface area contributed by atoms with Crippen LogP contribution < -0.4 is 10.6 Å². The average molecular weight is 278 g/mol. The fraction of sp³-hybridized carbons (Fsp3) is 0.625. The summed E-state index contributed by atoms with van der Waals surface area (Å²) in [5.74, 6) is 0. The monoisotopic (exact) mass is 278 g/mol. The van der Waals surface area contributed by atoms with Crippen molar-refractivity contribution in [3.8, 4) is 0 Å². The van der Waals surface area contributed by atoms with Crippen molar-refractivity contribution in [3.63, 3.8) is 0 Å². The second kappa shape index (κ2) is 6.12. The minimum atomic E-state index is -0.246. The third-order valence-corrected chi connectivity index (χ3v) is 3.81. The first-order chi connectivity index (χ1) is 9.45. The lowest BCUT2D eigenvalue weighted by atomic mass is 10.0. The molecule has 1 aromatic carbocycles. The topological polar surface area (TPSA) is 58.7 Å². The molecule has 2 rings (SSSR count). The van der Waals surface area contributed by atoms with Crippen molar-refractivity contribution in [3.05, 3.63) is 29.8 Å². The largest absolute Gasteiger partial charge is 0.394 e. The van der Waals surface area contributed by atoms with Crippen molar-refractivity contribution in [2.75, 3.05) is 24.6 Å². The Morgan fingerprint density at radius 1 is 1.40 bits per heavy atom. The van der Waals surface area contributed by atoms with Crippen LogP contribution in [0.25, 0.3) is 0 Å². The van der Waals surface area contributed by atoms with Gasteiger partial charge in [0, 0.05) is 24.8 Å². The lowest BCUT2D eigenvalue weighted by Gasteiger charge is -2.43. The summed E-state index contributed by atoms with van der Waals surface area (Å²) in [5.41, 5.74) is 8.13. The number of hydrogen-bond donors (Lipinski definition) is 2. The number of benzene rings is 1. The van der Waals surface area contributed by atoms with Crippen molar-refractivity contribution >= 4 is 5.69 Å². The summed E-state index contributed by atoms with van der Waals surface area (Å²) in [6, 6.07) is 8.52. The molecule has 2 atom stereocenters. The Kier molecular flexibility index (Phi) is 4.68. The van der Waals surface area contributed by atoms with Crippen LogP contribution in [0.5, 0.6) is 0 Å². The Hall–Kier alpha value is -1.10. The van der Waals surface area contributed by atoms with Gasteiger partial charge in [0.15, 0.2) is 0 Å². The van der Waals surface area contributed by atoms with Gasteiger partial charge in [0.05, 0.1) is 18.3 Å². The predicted molar refractivity (Wildman–Crippen MR) is 81.9 cm³/mol. The van der Waals surface area contributed by atoms with E-state index in [2.05, 4.69) is 49.9 Å². The van der Waals surface area contributed by atoms with Gasteiger partial charge in [-0.3, -0.25) is 0 Å². The maximum absolute atomic E-state index is 9.37. The first-order valence-electron chi connectivity index (χ1n) is 7.34. The van der Waals surface area contributed by atoms with Crippen LogP contribution in [0.3, 0.4) is 0 Å². The number of nitrogens with zero attached hydrogens (tertiary/aromatic N) is 1. The summed E-state index contributed by atoms with van der Waals surface area (Å²) in [4.78, 5) is 2.27. The van der Waals surface area contributed by atoms with Crippen LogP contribution in [-0.2, 0) is 4.74 Å². The number of ether oxygens (including phenoxy) is 1. The van der Waals surface area contributed by atoms with Gasteiger partial charge in [0.2, 0.25) is 0 Å². The van der Waals surface area contributed by atoms with Crippen molar-refractivity contribution in [1.82, 2.24) is 0 Å². The van der Waals surface area contributed by atoms with E-state index < -0.39 is 0 Å². The van der Waals surface area contributed by atoms with Crippen LogP contribution in [0.4, 0.5) is 5.69 Å². The zero-order valence-corrected chi connectivity index (χ0v) is 12.7. The molecule has 1 heterocycles. The molecular formula is C16H26N2O2. The predicted octanol–water partition coefficient (Wildman–Crippen LogP) is 2.07. The molecule has 0 radical (unpaired) electrons. The van der Waals surface area contributed by atoms with Gasteiger partial charge in [-0.2, -0.15) is 0 Å². The van der Waals surface area contributed by atoms with Crippen molar-refractivity contribution < 1.29 is 9.84 Å². The number of morpholine rings is 1. The minimum Gasteiger partial charge on any atom is -0.394 e. The molecule has 2 unspecified atom stereocenters. The zero-order chi connectivity index (χ0) is 14.8. The van der Waals surface area contributed by atoms with Gasteiger partial charge in [-0.25, -0.2) is 0 Å². The molecule has 0 bridgehead atoms. The van der Waals surface area contributed by atoms with E-state index in [1.54, 1.807) is 0 Å². The fourth-order valence-electron chi connectivity index (χ4n) is 2.76. The molecule has 0 spiro atoms. The number of hydrogen-bond acceptors (Lipinski definition) is 4. The SMILES string of the molecule is CCC(N)c1ccc(N2CC(CO)OC(C)(C)C2)cc1. The highest BCUT2D eigenvalue weighted by Gasteiger charge is 2.33. The van der Waals surface area contributed by atoms with Crippen LogP contribution >= 0.6 is 0 Å². The third kappa shape index (κ3) is 3.51. The highest BCUT2D eigenvalue weighted by molar-refractivity contribution is 5.49. The molecule has 4 nitrogen and oxygen atoms in total. The number of nitrogens with two attached hydrogens (primary N) is 1.